The van der Waals surface area contributed by atoms with Crippen LogP contribution in [0.3, 0.4) is 0 Å². The number of fused-ring (bicyclic) bond motifs is 1. The Kier molecular flexibility index (Phi) is 5.51. The number of thioether (sulfide) groups is 2. The monoisotopic (exact) mass is 355 g/mol. The fraction of sp³-hybridized carbons (Fsp3) is 0.429. The van der Waals surface area contributed by atoms with Gasteiger partial charge in [-0.05, 0) is 49.6 Å². The van der Waals surface area contributed by atoms with Crippen LogP contribution in [0.4, 0.5) is 0 Å². The molecule has 2 aliphatic heterocycles. The lowest BCUT2D eigenvalue weighted by molar-refractivity contribution is 0.198. The summed E-state index contributed by atoms with van der Waals surface area (Å²) in [5.41, 5.74) is 0. The number of hydrogen-bond acceptors (Lipinski definition) is 3. The zero-order valence-corrected chi connectivity index (χ0v) is 15.6. The molecule has 0 N–H and O–H groups in total. The maximum atomic E-state index is 2.78. The summed E-state index contributed by atoms with van der Waals surface area (Å²) in [7, 11) is 0. The molecule has 4 rings (SSSR count). The number of benzene rings is 2. The summed E-state index contributed by atoms with van der Waals surface area (Å²) in [4.78, 5) is 5.62. The molecule has 0 spiro atoms. The summed E-state index contributed by atoms with van der Waals surface area (Å²) >= 11 is 4.16. The summed E-state index contributed by atoms with van der Waals surface area (Å²) in [5.74, 6) is 2.02. The molecule has 0 bridgehead atoms. The Morgan fingerprint density at radius 1 is 0.875 bits per heavy atom. The molecule has 2 aliphatic rings. The van der Waals surface area contributed by atoms with Crippen LogP contribution >= 0.6 is 23.5 Å². The molecule has 1 nitrogen and oxygen atoms in total. The van der Waals surface area contributed by atoms with E-state index < -0.39 is 0 Å². The summed E-state index contributed by atoms with van der Waals surface area (Å²) < 4.78 is 0. The Morgan fingerprint density at radius 3 is 2.33 bits per heavy atom. The van der Waals surface area contributed by atoms with Crippen LogP contribution in [0.1, 0.15) is 19.3 Å². The van der Waals surface area contributed by atoms with Crippen molar-refractivity contribution in [1.29, 1.82) is 0 Å². The molecule has 2 aromatic rings. The highest BCUT2D eigenvalue weighted by Gasteiger charge is 2.42. The molecule has 1 unspecified atom stereocenters. The molecule has 0 aromatic heterocycles. The average molecular weight is 356 g/mol. The Labute approximate surface area is 154 Å². The normalized spacial score (nSPS) is 27.1. The van der Waals surface area contributed by atoms with E-state index >= 15 is 0 Å². The maximum Gasteiger partial charge on any atom is 0.0299 e. The molecule has 2 saturated heterocycles. The first kappa shape index (κ1) is 16.6. The molecule has 2 fully saturated rings. The second kappa shape index (κ2) is 7.99. The van der Waals surface area contributed by atoms with Crippen molar-refractivity contribution in [2.45, 2.75) is 40.3 Å². The third-order valence-corrected chi connectivity index (χ3v) is 7.92. The lowest BCUT2D eigenvalue weighted by Gasteiger charge is -2.32. The molecule has 3 heteroatoms. The van der Waals surface area contributed by atoms with Crippen molar-refractivity contribution in [1.82, 2.24) is 4.90 Å². The minimum absolute atomic E-state index is 0.740. The van der Waals surface area contributed by atoms with Crippen LogP contribution in [0.5, 0.6) is 0 Å². The molecule has 0 aliphatic carbocycles. The molecule has 24 heavy (non-hydrogen) atoms. The van der Waals surface area contributed by atoms with Crippen molar-refractivity contribution in [3.05, 3.63) is 60.7 Å². The zero-order chi connectivity index (χ0) is 16.2. The van der Waals surface area contributed by atoms with Crippen LogP contribution in [0.15, 0.2) is 70.5 Å². The van der Waals surface area contributed by atoms with E-state index in [1.54, 1.807) is 0 Å². The fourth-order valence-electron chi connectivity index (χ4n) is 4.03. The Bertz CT molecular complexity index is 631. The quantitative estimate of drug-likeness (QED) is 0.659. The zero-order valence-electron chi connectivity index (χ0n) is 14.0. The second-order valence-corrected chi connectivity index (χ2v) is 9.18. The standard InChI is InChI=1S/C21H25NS2/c1-3-9-18(10-4-1)23-16-17-15-22-14-8-7-13-20(22)21(17)24-19-11-5-2-6-12-19/h1-6,9-12,17,20-21H,7-8,13-16H2/t17-,20-,21?/m1/s1. The number of hydrogen-bond donors (Lipinski definition) is 0. The Hall–Kier alpha value is -0.900. The minimum atomic E-state index is 0.740. The highest BCUT2D eigenvalue weighted by Crippen LogP contribution is 2.43. The van der Waals surface area contributed by atoms with Gasteiger partial charge in [-0.15, -0.1) is 23.5 Å². The van der Waals surface area contributed by atoms with Crippen LogP contribution in [0.2, 0.25) is 0 Å². The molecular formula is C21H25NS2. The average Bonchev–Trinajstić information content (AvgIpc) is 2.99. The summed E-state index contributed by atoms with van der Waals surface area (Å²) in [6, 6.07) is 22.7. The maximum absolute atomic E-state index is 2.78. The predicted molar refractivity (Wildman–Crippen MR) is 106 cm³/mol. The van der Waals surface area contributed by atoms with E-state index in [4.69, 9.17) is 0 Å². The molecule has 0 radical (unpaired) electrons. The first-order valence-electron chi connectivity index (χ1n) is 9.04. The van der Waals surface area contributed by atoms with Gasteiger partial charge in [-0.1, -0.05) is 42.8 Å². The molecular weight excluding hydrogens is 330 g/mol. The topological polar surface area (TPSA) is 3.24 Å². The molecule has 2 heterocycles. The van der Waals surface area contributed by atoms with Gasteiger partial charge in [0.1, 0.15) is 0 Å². The van der Waals surface area contributed by atoms with Crippen molar-refractivity contribution < 1.29 is 0 Å². The van der Waals surface area contributed by atoms with Crippen molar-refractivity contribution >= 4 is 23.5 Å². The molecule has 2 aromatic carbocycles. The van der Waals surface area contributed by atoms with Crippen molar-refractivity contribution in [2.75, 3.05) is 18.8 Å². The van der Waals surface area contributed by atoms with E-state index in [-0.39, 0.29) is 0 Å². The largest absolute Gasteiger partial charge is 0.299 e. The summed E-state index contributed by atoms with van der Waals surface area (Å²) in [6.07, 6.45) is 4.18. The number of nitrogens with zero attached hydrogens (tertiary/aromatic N) is 1. The van der Waals surface area contributed by atoms with Crippen LogP contribution in [-0.4, -0.2) is 35.0 Å². The summed E-state index contributed by atoms with van der Waals surface area (Å²) in [5, 5.41) is 0.740. The third-order valence-electron chi connectivity index (χ3n) is 5.20. The minimum Gasteiger partial charge on any atom is -0.299 e. The smallest absolute Gasteiger partial charge is 0.0299 e. The third kappa shape index (κ3) is 3.84. The van der Waals surface area contributed by atoms with Crippen LogP contribution in [-0.2, 0) is 0 Å². The van der Waals surface area contributed by atoms with E-state index in [1.165, 1.54) is 47.9 Å². The van der Waals surface area contributed by atoms with Crippen LogP contribution in [0, 0.1) is 5.92 Å². The Morgan fingerprint density at radius 2 is 1.58 bits per heavy atom. The van der Waals surface area contributed by atoms with Crippen molar-refractivity contribution in [3.8, 4) is 0 Å². The van der Waals surface area contributed by atoms with E-state index in [9.17, 15) is 0 Å². The molecule has 126 valence electrons. The van der Waals surface area contributed by atoms with Gasteiger partial charge in [-0.3, -0.25) is 4.90 Å². The van der Waals surface area contributed by atoms with E-state index in [1.807, 2.05) is 11.8 Å². The van der Waals surface area contributed by atoms with E-state index in [2.05, 4.69) is 77.3 Å². The first-order valence-corrected chi connectivity index (χ1v) is 10.9. The fourth-order valence-corrected chi connectivity index (χ4v) is 6.69. The number of rotatable bonds is 5. The highest BCUT2D eigenvalue weighted by molar-refractivity contribution is 8.00. The van der Waals surface area contributed by atoms with Gasteiger partial charge in [0.15, 0.2) is 0 Å². The van der Waals surface area contributed by atoms with Crippen LogP contribution < -0.4 is 0 Å². The summed E-state index contributed by atoms with van der Waals surface area (Å²) in [6.45, 7) is 2.60. The van der Waals surface area contributed by atoms with E-state index in [0.29, 0.717) is 0 Å². The molecule has 3 atom stereocenters. The second-order valence-electron chi connectivity index (χ2n) is 6.84. The van der Waals surface area contributed by atoms with Gasteiger partial charge in [0.2, 0.25) is 0 Å². The van der Waals surface area contributed by atoms with Gasteiger partial charge in [0.25, 0.3) is 0 Å². The van der Waals surface area contributed by atoms with Crippen molar-refractivity contribution in [3.63, 3.8) is 0 Å². The van der Waals surface area contributed by atoms with Gasteiger partial charge in [-0.2, -0.15) is 0 Å². The number of piperidine rings is 1. The predicted octanol–water partition coefficient (Wildman–Crippen LogP) is 5.42. The van der Waals surface area contributed by atoms with Crippen LogP contribution in [0.25, 0.3) is 0 Å². The van der Waals surface area contributed by atoms with Gasteiger partial charge in [0.05, 0.1) is 0 Å². The lowest BCUT2D eigenvalue weighted by Crippen LogP contribution is -2.38. The van der Waals surface area contributed by atoms with Gasteiger partial charge in [-0.25, -0.2) is 0 Å². The lowest BCUT2D eigenvalue weighted by atomic mass is 10.00. The highest BCUT2D eigenvalue weighted by atomic mass is 32.2. The van der Waals surface area contributed by atoms with Gasteiger partial charge < -0.3 is 0 Å². The van der Waals surface area contributed by atoms with Gasteiger partial charge in [0, 0.05) is 33.4 Å². The van der Waals surface area contributed by atoms with Gasteiger partial charge >= 0.3 is 0 Å². The molecule has 0 saturated carbocycles. The van der Waals surface area contributed by atoms with Crippen molar-refractivity contribution in [2.24, 2.45) is 5.92 Å². The SMILES string of the molecule is c1ccc(SC[C@H]2CN3CCCC[C@@H]3C2Sc2ccccc2)cc1. The van der Waals surface area contributed by atoms with E-state index in [0.717, 1.165) is 17.2 Å². The first-order chi connectivity index (χ1) is 11.9. The Balaban J connectivity index is 1.47. The molecule has 0 amide bonds.